The van der Waals surface area contributed by atoms with Crippen LogP contribution in [0, 0.1) is 5.92 Å². The minimum atomic E-state index is -0.476. The smallest absolute Gasteiger partial charge is 0.0897 e. The Labute approximate surface area is 132 Å². The molecule has 21 heavy (non-hydrogen) atoms. The zero-order valence-electron chi connectivity index (χ0n) is 12.7. The van der Waals surface area contributed by atoms with Crippen molar-refractivity contribution in [1.29, 1.82) is 0 Å². The van der Waals surface area contributed by atoms with Gasteiger partial charge in [0.1, 0.15) is 0 Å². The van der Waals surface area contributed by atoms with Gasteiger partial charge in [-0.3, -0.25) is 0 Å². The van der Waals surface area contributed by atoms with Gasteiger partial charge < -0.3 is 15.2 Å². The standard InChI is InChI=1S/C17H26ClNO2/c1-13(14-6-2-3-7-14)19-10-16(20)12-21-11-15-8-4-5-9-17(15)18/h4-5,8-9,13-14,16,19-20H,2-3,6-7,10-12H2,1H3. The highest BCUT2D eigenvalue weighted by Crippen LogP contribution is 2.27. The van der Waals surface area contributed by atoms with E-state index in [0.29, 0.717) is 30.8 Å². The van der Waals surface area contributed by atoms with Gasteiger partial charge in [-0.1, -0.05) is 42.6 Å². The van der Waals surface area contributed by atoms with Crippen LogP contribution in [0.2, 0.25) is 5.02 Å². The van der Waals surface area contributed by atoms with E-state index in [1.807, 2.05) is 24.3 Å². The predicted molar refractivity (Wildman–Crippen MR) is 86.5 cm³/mol. The Hall–Kier alpha value is -0.610. The highest BCUT2D eigenvalue weighted by molar-refractivity contribution is 6.31. The van der Waals surface area contributed by atoms with Crippen LogP contribution in [0.25, 0.3) is 0 Å². The number of benzene rings is 1. The molecule has 0 amide bonds. The first-order chi connectivity index (χ1) is 10.2. The van der Waals surface area contributed by atoms with Crippen LogP contribution in [-0.4, -0.2) is 30.4 Å². The lowest BCUT2D eigenvalue weighted by molar-refractivity contribution is 0.0270. The lowest BCUT2D eigenvalue weighted by atomic mass is 10.00. The summed E-state index contributed by atoms with van der Waals surface area (Å²) in [7, 11) is 0. The molecule has 4 heteroatoms. The molecular formula is C17H26ClNO2. The highest BCUT2D eigenvalue weighted by Gasteiger charge is 2.21. The Morgan fingerprint density at radius 2 is 2.05 bits per heavy atom. The first-order valence-corrected chi connectivity index (χ1v) is 8.27. The molecule has 1 aromatic rings. The maximum Gasteiger partial charge on any atom is 0.0897 e. The Morgan fingerprint density at radius 1 is 1.33 bits per heavy atom. The molecule has 2 atom stereocenters. The molecule has 0 spiro atoms. The molecule has 1 fully saturated rings. The number of ether oxygens (including phenoxy) is 1. The fraction of sp³-hybridized carbons (Fsp3) is 0.647. The van der Waals surface area contributed by atoms with E-state index in [0.717, 1.165) is 11.5 Å². The topological polar surface area (TPSA) is 41.5 Å². The first-order valence-electron chi connectivity index (χ1n) is 7.89. The molecular weight excluding hydrogens is 286 g/mol. The van der Waals surface area contributed by atoms with E-state index in [-0.39, 0.29) is 0 Å². The van der Waals surface area contributed by atoms with E-state index < -0.39 is 6.10 Å². The van der Waals surface area contributed by atoms with Crippen molar-refractivity contribution in [3.8, 4) is 0 Å². The van der Waals surface area contributed by atoms with Crippen LogP contribution in [0.5, 0.6) is 0 Å². The van der Waals surface area contributed by atoms with Gasteiger partial charge in [0.05, 0.1) is 19.3 Å². The summed E-state index contributed by atoms with van der Waals surface area (Å²) >= 11 is 6.06. The molecule has 0 saturated heterocycles. The quantitative estimate of drug-likeness (QED) is 0.773. The Kier molecular flexibility index (Phi) is 6.97. The van der Waals surface area contributed by atoms with Crippen LogP contribution in [-0.2, 0) is 11.3 Å². The molecule has 1 aliphatic carbocycles. The summed E-state index contributed by atoms with van der Waals surface area (Å²) < 4.78 is 5.55. The van der Waals surface area contributed by atoms with Crippen molar-refractivity contribution < 1.29 is 9.84 Å². The molecule has 2 unspecified atom stereocenters. The van der Waals surface area contributed by atoms with Crippen LogP contribution in [0.1, 0.15) is 38.2 Å². The van der Waals surface area contributed by atoms with E-state index >= 15 is 0 Å². The second-order valence-electron chi connectivity index (χ2n) is 6.00. The van der Waals surface area contributed by atoms with Gasteiger partial charge in [-0.25, -0.2) is 0 Å². The second-order valence-corrected chi connectivity index (χ2v) is 6.41. The summed E-state index contributed by atoms with van der Waals surface area (Å²) in [6, 6.07) is 8.10. The van der Waals surface area contributed by atoms with E-state index in [9.17, 15) is 5.11 Å². The SMILES string of the molecule is CC(NCC(O)COCc1ccccc1Cl)C1CCCC1. The largest absolute Gasteiger partial charge is 0.389 e. The second kappa shape index (κ2) is 8.74. The number of hydrogen-bond donors (Lipinski definition) is 2. The average Bonchev–Trinajstić information content (AvgIpc) is 3.01. The normalized spacial score (nSPS) is 18.8. The van der Waals surface area contributed by atoms with Crippen molar-refractivity contribution in [1.82, 2.24) is 5.32 Å². The van der Waals surface area contributed by atoms with Crippen molar-refractivity contribution in [3.05, 3.63) is 34.9 Å². The predicted octanol–water partition coefficient (Wildman–Crippen LogP) is 3.39. The molecule has 2 rings (SSSR count). The van der Waals surface area contributed by atoms with Crippen molar-refractivity contribution >= 4 is 11.6 Å². The summed E-state index contributed by atoms with van der Waals surface area (Å²) in [5.74, 6) is 0.765. The van der Waals surface area contributed by atoms with Gasteiger partial charge in [0.25, 0.3) is 0 Å². The van der Waals surface area contributed by atoms with E-state index in [1.165, 1.54) is 25.7 Å². The lowest BCUT2D eigenvalue weighted by Crippen LogP contribution is -2.39. The molecule has 1 saturated carbocycles. The summed E-state index contributed by atoms with van der Waals surface area (Å²) in [6.07, 6.45) is 4.84. The van der Waals surface area contributed by atoms with Crippen LogP contribution >= 0.6 is 11.6 Å². The number of aliphatic hydroxyl groups is 1. The number of rotatable bonds is 8. The monoisotopic (exact) mass is 311 g/mol. The molecule has 0 radical (unpaired) electrons. The lowest BCUT2D eigenvalue weighted by Gasteiger charge is -2.22. The minimum absolute atomic E-state index is 0.329. The molecule has 1 aliphatic rings. The average molecular weight is 312 g/mol. The molecule has 0 aromatic heterocycles. The molecule has 2 N–H and O–H groups in total. The maximum absolute atomic E-state index is 9.97. The number of halogens is 1. The van der Waals surface area contributed by atoms with Crippen molar-refractivity contribution in [2.24, 2.45) is 5.92 Å². The van der Waals surface area contributed by atoms with Gasteiger partial charge >= 0.3 is 0 Å². The Balaban J connectivity index is 1.61. The highest BCUT2D eigenvalue weighted by atomic mass is 35.5. The number of hydrogen-bond acceptors (Lipinski definition) is 3. The van der Waals surface area contributed by atoms with Gasteiger partial charge in [0, 0.05) is 17.6 Å². The summed E-state index contributed by atoms with van der Waals surface area (Å²) in [6.45, 7) is 3.57. The third-order valence-corrected chi connectivity index (χ3v) is 4.68. The molecule has 3 nitrogen and oxygen atoms in total. The molecule has 118 valence electrons. The fourth-order valence-corrected chi connectivity index (χ4v) is 3.12. The van der Waals surface area contributed by atoms with Crippen LogP contribution in [0.15, 0.2) is 24.3 Å². The Bertz CT molecular complexity index is 421. The van der Waals surface area contributed by atoms with Crippen molar-refractivity contribution in [2.75, 3.05) is 13.2 Å². The molecule has 0 heterocycles. The number of nitrogens with one attached hydrogen (secondary N) is 1. The van der Waals surface area contributed by atoms with Crippen LogP contribution < -0.4 is 5.32 Å². The fourth-order valence-electron chi connectivity index (χ4n) is 2.93. The first kappa shape index (κ1) is 16.8. The Morgan fingerprint density at radius 3 is 2.76 bits per heavy atom. The zero-order valence-corrected chi connectivity index (χ0v) is 13.5. The van der Waals surface area contributed by atoms with Gasteiger partial charge in [0.2, 0.25) is 0 Å². The zero-order chi connectivity index (χ0) is 15.1. The molecule has 0 bridgehead atoms. The van der Waals surface area contributed by atoms with Gasteiger partial charge in [-0.2, -0.15) is 0 Å². The number of aliphatic hydroxyl groups excluding tert-OH is 1. The van der Waals surface area contributed by atoms with Gasteiger partial charge in [0.15, 0.2) is 0 Å². The van der Waals surface area contributed by atoms with Crippen molar-refractivity contribution in [2.45, 2.75) is 51.4 Å². The molecule has 0 aliphatic heterocycles. The van der Waals surface area contributed by atoms with Gasteiger partial charge in [-0.15, -0.1) is 0 Å². The van der Waals surface area contributed by atoms with Crippen LogP contribution in [0.4, 0.5) is 0 Å². The third kappa shape index (κ3) is 5.59. The van der Waals surface area contributed by atoms with E-state index in [1.54, 1.807) is 0 Å². The van der Waals surface area contributed by atoms with Crippen molar-refractivity contribution in [3.63, 3.8) is 0 Å². The van der Waals surface area contributed by atoms with Crippen LogP contribution in [0.3, 0.4) is 0 Å². The molecule has 1 aromatic carbocycles. The summed E-state index contributed by atoms with van der Waals surface area (Å²) in [5.41, 5.74) is 0.957. The van der Waals surface area contributed by atoms with E-state index in [4.69, 9.17) is 16.3 Å². The minimum Gasteiger partial charge on any atom is -0.389 e. The van der Waals surface area contributed by atoms with Gasteiger partial charge in [-0.05, 0) is 37.3 Å². The maximum atomic E-state index is 9.97. The third-order valence-electron chi connectivity index (χ3n) is 4.31. The summed E-state index contributed by atoms with van der Waals surface area (Å²) in [4.78, 5) is 0. The summed E-state index contributed by atoms with van der Waals surface area (Å²) in [5, 5.41) is 14.1. The van der Waals surface area contributed by atoms with E-state index in [2.05, 4.69) is 12.2 Å².